The molecule has 0 bridgehead atoms. The molecule has 1 aliphatic carbocycles. The van der Waals surface area contributed by atoms with E-state index in [1.165, 1.54) is 19.3 Å². The van der Waals surface area contributed by atoms with Crippen LogP contribution in [0.5, 0.6) is 0 Å². The summed E-state index contributed by atoms with van der Waals surface area (Å²) in [4.78, 5) is 6.69. The van der Waals surface area contributed by atoms with Gasteiger partial charge in [-0.1, -0.05) is 0 Å². The van der Waals surface area contributed by atoms with Crippen LogP contribution in [0.4, 0.5) is 5.69 Å². The molecule has 0 spiro atoms. The molecule has 2 atom stereocenters. The van der Waals surface area contributed by atoms with Crippen LogP contribution in [0, 0.1) is 6.92 Å². The molecule has 1 saturated heterocycles. The van der Waals surface area contributed by atoms with Gasteiger partial charge in [-0.3, -0.25) is 4.98 Å². The molecule has 0 aromatic carbocycles. The molecular weight excluding hydrogens is 228 g/mol. The van der Waals surface area contributed by atoms with Crippen molar-refractivity contribution in [2.24, 2.45) is 0 Å². The lowest BCUT2D eigenvalue weighted by molar-refractivity contribution is 0.0255. The molecule has 4 heteroatoms. The molecule has 3 rings (SSSR count). The Kier molecular flexibility index (Phi) is 3.22. The van der Waals surface area contributed by atoms with Crippen LogP contribution in [-0.4, -0.2) is 35.4 Å². The van der Waals surface area contributed by atoms with Gasteiger partial charge in [0.05, 0.1) is 25.4 Å². The van der Waals surface area contributed by atoms with Crippen molar-refractivity contribution in [1.82, 2.24) is 4.98 Å². The van der Waals surface area contributed by atoms with Gasteiger partial charge >= 0.3 is 0 Å². The Morgan fingerprint density at radius 3 is 3.22 bits per heavy atom. The zero-order valence-electron chi connectivity index (χ0n) is 10.8. The Hall–Kier alpha value is -1.13. The van der Waals surface area contributed by atoms with E-state index in [1.807, 2.05) is 6.92 Å². The number of rotatable bonds is 2. The van der Waals surface area contributed by atoms with E-state index in [9.17, 15) is 5.11 Å². The second-order valence-corrected chi connectivity index (χ2v) is 5.21. The van der Waals surface area contributed by atoms with Gasteiger partial charge in [-0.2, -0.15) is 0 Å². The van der Waals surface area contributed by atoms with Crippen molar-refractivity contribution in [3.05, 3.63) is 23.5 Å². The Morgan fingerprint density at radius 1 is 1.50 bits per heavy atom. The Morgan fingerprint density at radius 2 is 2.39 bits per heavy atom. The molecule has 1 aliphatic heterocycles. The molecule has 2 aliphatic rings. The van der Waals surface area contributed by atoms with Crippen LogP contribution in [0.1, 0.15) is 30.5 Å². The van der Waals surface area contributed by atoms with Crippen LogP contribution < -0.4 is 4.90 Å². The maximum absolute atomic E-state index is 9.48. The minimum absolute atomic E-state index is 0.0529. The molecule has 2 heterocycles. The van der Waals surface area contributed by atoms with E-state index in [4.69, 9.17) is 4.74 Å². The van der Waals surface area contributed by atoms with Crippen molar-refractivity contribution in [3.8, 4) is 0 Å². The lowest BCUT2D eigenvalue weighted by Gasteiger charge is -2.40. The monoisotopic (exact) mass is 248 g/mol. The summed E-state index contributed by atoms with van der Waals surface area (Å²) >= 11 is 0. The third-order valence-corrected chi connectivity index (χ3v) is 4.06. The Balaban J connectivity index is 1.95. The van der Waals surface area contributed by atoms with Crippen molar-refractivity contribution >= 4 is 5.69 Å². The average molecular weight is 248 g/mol. The SMILES string of the molecule is Cc1cc(N2CCOC3CCCC32)c(CO)cn1. The quantitative estimate of drug-likeness (QED) is 0.864. The normalized spacial score (nSPS) is 27.3. The van der Waals surface area contributed by atoms with Crippen molar-refractivity contribution < 1.29 is 9.84 Å². The molecule has 1 N–H and O–H groups in total. The second kappa shape index (κ2) is 4.86. The number of aryl methyl sites for hydroxylation is 1. The number of morpholine rings is 1. The van der Waals surface area contributed by atoms with E-state index in [0.717, 1.165) is 30.1 Å². The molecule has 2 fully saturated rings. The van der Waals surface area contributed by atoms with Gasteiger partial charge in [0.15, 0.2) is 0 Å². The van der Waals surface area contributed by atoms with Gasteiger partial charge in [0.1, 0.15) is 0 Å². The second-order valence-electron chi connectivity index (χ2n) is 5.21. The van der Waals surface area contributed by atoms with Crippen LogP contribution in [-0.2, 0) is 11.3 Å². The predicted octanol–water partition coefficient (Wildman–Crippen LogP) is 1.64. The van der Waals surface area contributed by atoms with Crippen molar-refractivity contribution in [3.63, 3.8) is 0 Å². The van der Waals surface area contributed by atoms with Gasteiger partial charge in [0.2, 0.25) is 0 Å². The molecular formula is C14H20N2O2. The number of hydrogen-bond acceptors (Lipinski definition) is 4. The first-order valence-electron chi connectivity index (χ1n) is 6.74. The van der Waals surface area contributed by atoms with E-state index in [2.05, 4.69) is 16.0 Å². The summed E-state index contributed by atoms with van der Waals surface area (Å²) in [5.41, 5.74) is 3.07. The molecule has 4 nitrogen and oxygen atoms in total. The zero-order valence-corrected chi connectivity index (χ0v) is 10.8. The molecule has 1 aromatic rings. The standard InChI is InChI=1S/C14H20N2O2/c1-10-7-13(11(9-17)8-15-10)16-5-6-18-14-4-2-3-12(14)16/h7-8,12,14,17H,2-6,9H2,1H3. The van der Waals surface area contributed by atoms with Gasteiger partial charge in [-0.15, -0.1) is 0 Å². The summed E-state index contributed by atoms with van der Waals surface area (Å²) < 4.78 is 5.84. The smallest absolute Gasteiger partial charge is 0.0779 e. The fourth-order valence-electron chi connectivity index (χ4n) is 3.19. The van der Waals surface area contributed by atoms with Gasteiger partial charge in [-0.25, -0.2) is 0 Å². The molecule has 1 aromatic heterocycles. The third kappa shape index (κ3) is 1.99. The predicted molar refractivity (Wildman–Crippen MR) is 69.6 cm³/mol. The van der Waals surface area contributed by atoms with Gasteiger partial charge in [-0.05, 0) is 32.3 Å². The van der Waals surface area contributed by atoms with Crippen molar-refractivity contribution in [2.75, 3.05) is 18.1 Å². The summed E-state index contributed by atoms with van der Waals surface area (Å²) in [6.45, 7) is 3.75. The topological polar surface area (TPSA) is 45.6 Å². The van der Waals surface area contributed by atoms with E-state index < -0.39 is 0 Å². The van der Waals surface area contributed by atoms with E-state index >= 15 is 0 Å². The summed E-state index contributed by atoms with van der Waals surface area (Å²) in [6.07, 6.45) is 5.77. The first kappa shape index (κ1) is 11.9. The van der Waals surface area contributed by atoms with Crippen LogP contribution in [0.3, 0.4) is 0 Å². The molecule has 0 radical (unpaired) electrons. The van der Waals surface area contributed by atoms with Gasteiger partial charge < -0.3 is 14.7 Å². The zero-order chi connectivity index (χ0) is 12.5. The van der Waals surface area contributed by atoms with E-state index in [-0.39, 0.29) is 6.61 Å². The highest BCUT2D eigenvalue weighted by Gasteiger charge is 2.36. The number of aliphatic hydroxyl groups is 1. The van der Waals surface area contributed by atoms with Crippen molar-refractivity contribution in [2.45, 2.75) is 44.9 Å². The number of fused-ring (bicyclic) bond motifs is 1. The van der Waals surface area contributed by atoms with Crippen LogP contribution in [0.15, 0.2) is 12.3 Å². The lowest BCUT2D eigenvalue weighted by atomic mass is 10.1. The fourth-order valence-corrected chi connectivity index (χ4v) is 3.19. The fraction of sp³-hybridized carbons (Fsp3) is 0.643. The van der Waals surface area contributed by atoms with E-state index in [1.54, 1.807) is 6.20 Å². The lowest BCUT2D eigenvalue weighted by Crippen LogP contribution is -2.49. The highest BCUT2D eigenvalue weighted by Crippen LogP contribution is 2.34. The maximum atomic E-state index is 9.48. The number of aliphatic hydroxyl groups excluding tert-OH is 1. The number of ether oxygens (including phenoxy) is 1. The Labute approximate surface area is 108 Å². The van der Waals surface area contributed by atoms with Gasteiger partial charge in [0, 0.05) is 29.7 Å². The molecule has 98 valence electrons. The highest BCUT2D eigenvalue weighted by atomic mass is 16.5. The number of aromatic nitrogens is 1. The molecule has 2 unspecified atom stereocenters. The van der Waals surface area contributed by atoms with E-state index in [0.29, 0.717) is 12.1 Å². The molecule has 18 heavy (non-hydrogen) atoms. The maximum Gasteiger partial charge on any atom is 0.0779 e. The minimum atomic E-state index is 0.0529. The van der Waals surface area contributed by atoms with Gasteiger partial charge in [0.25, 0.3) is 0 Å². The largest absolute Gasteiger partial charge is 0.392 e. The number of pyridine rings is 1. The van der Waals surface area contributed by atoms with Crippen LogP contribution >= 0.6 is 0 Å². The molecule has 0 amide bonds. The minimum Gasteiger partial charge on any atom is -0.392 e. The molecule has 1 saturated carbocycles. The summed E-state index contributed by atoms with van der Waals surface area (Å²) in [6, 6.07) is 2.57. The van der Waals surface area contributed by atoms with Crippen LogP contribution in [0.25, 0.3) is 0 Å². The third-order valence-electron chi connectivity index (χ3n) is 4.06. The Bertz CT molecular complexity index is 436. The number of hydrogen-bond donors (Lipinski definition) is 1. The number of anilines is 1. The highest BCUT2D eigenvalue weighted by molar-refractivity contribution is 5.55. The number of nitrogens with zero attached hydrogens (tertiary/aromatic N) is 2. The first-order valence-corrected chi connectivity index (χ1v) is 6.74. The summed E-state index contributed by atoms with van der Waals surface area (Å²) in [5.74, 6) is 0. The van der Waals surface area contributed by atoms with Crippen molar-refractivity contribution in [1.29, 1.82) is 0 Å². The first-order chi connectivity index (χ1) is 8.79. The van der Waals surface area contributed by atoms with Crippen LogP contribution in [0.2, 0.25) is 0 Å². The summed E-state index contributed by atoms with van der Waals surface area (Å²) in [5, 5.41) is 9.48. The average Bonchev–Trinajstić information content (AvgIpc) is 2.86. The summed E-state index contributed by atoms with van der Waals surface area (Å²) in [7, 11) is 0.